The Labute approximate surface area is 183 Å². The molecule has 1 saturated heterocycles. The van der Waals surface area contributed by atoms with Crippen LogP contribution in [0.5, 0.6) is 0 Å². The summed E-state index contributed by atoms with van der Waals surface area (Å²) in [4.78, 5) is 13.1. The number of fused-ring (bicyclic) bond motifs is 1. The third-order valence-corrected chi connectivity index (χ3v) is 7.79. The van der Waals surface area contributed by atoms with Crippen LogP contribution in [-0.4, -0.2) is 17.6 Å². The topological polar surface area (TPSA) is 38.3 Å². The average molecular weight is 438 g/mol. The van der Waals surface area contributed by atoms with Crippen LogP contribution >= 0.6 is 0 Å². The highest BCUT2D eigenvalue weighted by Crippen LogP contribution is 2.48. The van der Waals surface area contributed by atoms with Gasteiger partial charge in [0.05, 0.1) is 17.8 Å². The lowest BCUT2D eigenvalue weighted by Crippen LogP contribution is -2.61. The van der Waals surface area contributed by atoms with E-state index in [4.69, 9.17) is 4.74 Å². The number of ether oxygens (including phenoxy) is 1. The Morgan fingerprint density at radius 3 is 2.58 bits per heavy atom. The molecule has 6 heteroatoms. The lowest BCUT2D eigenvalue weighted by Gasteiger charge is -2.52. The highest BCUT2D eigenvalue weighted by molar-refractivity contribution is 5.79. The van der Waals surface area contributed by atoms with E-state index in [1.54, 1.807) is 6.07 Å². The van der Waals surface area contributed by atoms with Crippen LogP contribution in [0.15, 0.2) is 24.3 Å². The molecule has 3 aliphatic rings. The highest BCUT2D eigenvalue weighted by atomic mass is 19.4. The molecule has 1 aromatic carbocycles. The summed E-state index contributed by atoms with van der Waals surface area (Å²) in [5, 5.41) is 3.38. The first-order valence-corrected chi connectivity index (χ1v) is 11.8. The Balaban J connectivity index is 1.60. The summed E-state index contributed by atoms with van der Waals surface area (Å²) in [5.74, 6) is 0.878. The van der Waals surface area contributed by atoms with Crippen molar-refractivity contribution in [3.63, 3.8) is 0 Å². The van der Waals surface area contributed by atoms with Gasteiger partial charge in [-0.2, -0.15) is 13.2 Å². The van der Waals surface area contributed by atoms with Gasteiger partial charge in [-0.3, -0.25) is 4.79 Å². The Morgan fingerprint density at radius 1 is 1.13 bits per heavy atom. The lowest BCUT2D eigenvalue weighted by molar-refractivity contribution is -0.156. The molecule has 0 radical (unpaired) electrons. The van der Waals surface area contributed by atoms with E-state index < -0.39 is 23.4 Å². The van der Waals surface area contributed by atoms with Crippen molar-refractivity contribution in [2.24, 2.45) is 17.8 Å². The first-order valence-electron chi connectivity index (χ1n) is 11.8. The molecule has 2 saturated carbocycles. The molecule has 0 spiro atoms. The second-order valence-corrected chi connectivity index (χ2v) is 10.3. The maximum atomic E-state index is 13.3. The van der Waals surface area contributed by atoms with Gasteiger partial charge in [0.15, 0.2) is 0 Å². The van der Waals surface area contributed by atoms with E-state index in [0.29, 0.717) is 17.9 Å². The van der Waals surface area contributed by atoms with Crippen molar-refractivity contribution in [1.82, 2.24) is 5.32 Å². The molecule has 1 N–H and O–H groups in total. The van der Waals surface area contributed by atoms with Gasteiger partial charge in [0.1, 0.15) is 0 Å². The van der Waals surface area contributed by atoms with Gasteiger partial charge in [-0.25, -0.2) is 0 Å². The van der Waals surface area contributed by atoms with Crippen molar-refractivity contribution in [2.45, 2.75) is 95.6 Å². The highest BCUT2D eigenvalue weighted by Gasteiger charge is 2.50. The van der Waals surface area contributed by atoms with Gasteiger partial charge in [0.25, 0.3) is 0 Å². The number of hydrogen-bond donors (Lipinski definition) is 1. The summed E-state index contributed by atoms with van der Waals surface area (Å²) in [7, 11) is 0. The number of amides is 1. The molecule has 0 aromatic heterocycles. The standard InChI is InChI=1S/C25H34F3NO2/c1-16-11-12-20-21(13-16)31-22(18-9-6-10-19(14-18)25(26,27)28)15-24(20,2)29-23(30)17-7-4-3-5-8-17/h6,9-10,14,16-17,20-22H,3-5,7-8,11-13,15H2,1-2H3,(H,29,30)/t16-,20-,21-,22-,24-/m0/s1. The SMILES string of the molecule is C[C@H]1CC[C@H]2[C@H](C1)O[C@H](c1cccc(C(F)(F)F)c1)C[C@]2(C)NC(=O)C1CCCCC1. The molecule has 31 heavy (non-hydrogen) atoms. The number of carbonyl (C=O) groups excluding carboxylic acids is 1. The van der Waals surface area contributed by atoms with Crippen LogP contribution in [0.1, 0.15) is 88.9 Å². The Kier molecular flexibility index (Phi) is 6.39. The minimum Gasteiger partial charge on any atom is -0.370 e. The number of rotatable bonds is 3. The summed E-state index contributed by atoms with van der Waals surface area (Å²) >= 11 is 0. The number of hydrogen-bond acceptors (Lipinski definition) is 2. The normalized spacial score (nSPS) is 34.7. The second kappa shape index (κ2) is 8.76. The maximum absolute atomic E-state index is 13.3. The number of benzene rings is 1. The largest absolute Gasteiger partial charge is 0.416 e. The third kappa shape index (κ3) is 4.94. The first-order chi connectivity index (χ1) is 14.7. The Hall–Kier alpha value is -1.56. The zero-order valence-corrected chi connectivity index (χ0v) is 18.5. The fraction of sp³-hybridized carbons (Fsp3) is 0.720. The van der Waals surface area contributed by atoms with E-state index in [1.807, 2.05) is 0 Å². The molecule has 3 nitrogen and oxygen atoms in total. The minimum atomic E-state index is -4.38. The van der Waals surface area contributed by atoms with Crippen molar-refractivity contribution in [3.8, 4) is 0 Å². The quantitative estimate of drug-likeness (QED) is 0.592. The van der Waals surface area contributed by atoms with Crippen LogP contribution < -0.4 is 5.32 Å². The van der Waals surface area contributed by atoms with Crippen LogP contribution in [0.2, 0.25) is 0 Å². The molecular formula is C25H34F3NO2. The fourth-order valence-electron chi connectivity index (χ4n) is 6.01. The zero-order chi connectivity index (χ0) is 22.2. The fourth-order valence-corrected chi connectivity index (χ4v) is 6.01. The van der Waals surface area contributed by atoms with Gasteiger partial charge in [0, 0.05) is 23.8 Å². The van der Waals surface area contributed by atoms with E-state index in [2.05, 4.69) is 19.2 Å². The second-order valence-electron chi connectivity index (χ2n) is 10.3. The Morgan fingerprint density at radius 2 is 1.87 bits per heavy atom. The summed E-state index contributed by atoms with van der Waals surface area (Å²) in [6, 6.07) is 5.48. The average Bonchev–Trinajstić information content (AvgIpc) is 2.73. The van der Waals surface area contributed by atoms with Gasteiger partial charge in [-0.05, 0) is 56.2 Å². The molecule has 1 heterocycles. The molecular weight excluding hydrogens is 403 g/mol. The van der Waals surface area contributed by atoms with E-state index in [0.717, 1.165) is 51.0 Å². The van der Waals surface area contributed by atoms with Crippen molar-refractivity contribution in [2.75, 3.05) is 0 Å². The van der Waals surface area contributed by atoms with Gasteiger partial charge in [-0.1, -0.05) is 44.7 Å². The van der Waals surface area contributed by atoms with Crippen LogP contribution in [0.3, 0.4) is 0 Å². The molecule has 1 amide bonds. The third-order valence-electron chi connectivity index (χ3n) is 7.79. The predicted molar refractivity (Wildman–Crippen MR) is 113 cm³/mol. The molecule has 4 rings (SSSR count). The van der Waals surface area contributed by atoms with Gasteiger partial charge in [-0.15, -0.1) is 0 Å². The molecule has 3 fully saturated rings. The van der Waals surface area contributed by atoms with E-state index >= 15 is 0 Å². The first kappa shape index (κ1) is 22.6. The lowest BCUT2D eigenvalue weighted by atomic mass is 9.66. The van der Waals surface area contributed by atoms with E-state index in [9.17, 15) is 18.0 Å². The number of carbonyl (C=O) groups is 1. The van der Waals surface area contributed by atoms with Gasteiger partial charge >= 0.3 is 6.18 Å². The summed E-state index contributed by atoms with van der Waals surface area (Å²) in [6.45, 7) is 4.29. The molecule has 0 unspecified atom stereocenters. The van der Waals surface area contributed by atoms with Crippen LogP contribution in [0, 0.1) is 17.8 Å². The predicted octanol–water partition coefficient (Wildman–Crippen LogP) is 6.43. The van der Waals surface area contributed by atoms with E-state index in [1.165, 1.54) is 18.6 Å². The van der Waals surface area contributed by atoms with Crippen molar-refractivity contribution < 1.29 is 22.7 Å². The maximum Gasteiger partial charge on any atom is 0.416 e. The van der Waals surface area contributed by atoms with Crippen molar-refractivity contribution in [3.05, 3.63) is 35.4 Å². The minimum absolute atomic E-state index is 0.0475. The van der Waals surface area contributed by atoms with Crippen molar-refractivity contribution >= 4 is 5.91 Å². The monoisotopic (exact) mass is 437 g/mol. The van der Waals surface area contributed by atoms with Crippen LogP contribution in [0.25, 0.3) is 0 Å². The summed E-state index contributed by atoms with van der Waals surface area (Å²) < 4.78 is 46.3. The summed E-state index contributed by atoms with van der Waals surface area (Å²) in [6.07, 6.45) is 3.80. The number of halogens is 3. The Bertz CT molecular complexity index is 789. The molecule has 0 bridgehead atoms. The van der Waals surface area contributed by atoms with E-state index in [-0.39, 0.29) is 23.8 Å². The number of alkyl halides is 3. The van der Waals surface area contributed by atoms with Gasteiger partial charge < -0.3 is 10.1 Å². The molecule has 5 atom stereocenters. The van der Waals surface area contributed by atoms with Gasteiger partial charge in [0.2, 0.25) is 5.91 Å². The van der Waals surface area contributed by atoms with Crippen molar-refractivity contribution in [1.29, 1.82) is 0 Å². The molecule has 2 aliphatic carbocycles. The van der Waals surface area contributed by atoms with Crippen LogP contribution in [0.4, 0.5) is 13.2 Å². The smallest absolute Gasteiger partial charge is 0.370 e. The zero-order valence-electron chi connectivity index (χ0n) is 18.5. The van der Waals surface area contributed by atoms with Crippen LogP contribution in [-0.2, 0) is 15.7 Å². The summed E-state index contributed by atoms with van der Waals surface area (Å²) in [5.41, 5.74) is -0.582. The molecule has 172 valence electrons. The molecule has 1 aliphatic heterocycles. The number of nitrogens with one attached hydrogen (secondary N) is 1. The molecule has 1 aromatic rings.